The summed E-state index contributed by atoms with van der Waals surface area (Å²) < 4.78 is 0. The highest BCUT2D eigenvalue weighted by Gasteiger charge is 2.11. The molecule has 4 nitrogen and oxygen atoms in total. The molecule has 0 aromatic heterocycles. The van der Waals surface area contributed by atoms with E-state index in [4.69, 9.17) is 0 Å². The van der Waals surface area contributed by atoms with Crippen LogP contribution in [-0.2, 0) is 0 Å². The first-order valence-corrected chi connectivity index (χ1v) is 4.07. The van der Waals surface area contributed by atoms with Gasteiger partial charge in [-0.05, 0) is 19.4 Å². The fraction of sp³-hybridized carbons (Fsp3) is 0.625. The summed E-state index contributed by atoms with van der Waals surface area (Å²) in [5, 5.41) is 5.93. The molecule has 0 saturated carbocycles. The number of nitrogens with one attached hydrogen (secondary N) is 1. The summed E-state index contributed by atoms with van der Waals surface area (Å²) in [6.45, 7) is 4.19. The van der Waals surface area contributed by atoms with E-state index in [1.807, 2.05) is 13.0 Å². The first-order valence-electron chi connectivity index (χ1n) is 4.07. The summed E-state index contributed by atoms with van der Waals surface area (Å²) in [5.74, 6) is 0. The molecule has 1 aliphatic heterocycles. The van der Waals surface area contributed by atoms with Gasteiger partial charge in [0.15, 0.2) is 0 Å². The zero-order chi connectivity index (χ0) is 8.97. The molecule has 0 saturated heterocycles. The van der Waals surface area contributed by atoms with Gasteiger partial charge in [-0.3, -0.25) is 4.99 Å². The van der Waals surface area contributed by atoms with E-state index < -0.39 is 0 Å². The van der Waals surface area contributed by atoms with Crippen LogP contribution >= 0.6 is 0 Å². The second kappa shape index (κ2) is 3.99. The number of rotatable bonds is 3. The molecule has 0 amide bonds. The molecule has 1 N–H and O–H groups in total. The van der Waals surface area contributed by atoms with Gasteiger partial charge in [0.1, 0.15) is 12.7 Å². The van der Waals surface area contributed by atoms with Crippen molar-refractivity contribution < 1.29 is 0 Å². The van der Waals surface area contributed by atoms with Gasteiger partial charge in [-0.1, -0.05) is 12.1 Å². The maximum absolute atomic E-state index is 10.00. The SMILES string of the molecule is CCC1=CC(C)=NC(CN=O)N1. The minimum Gasteiger partial charge on any atom is -0.366 e. The van der Waals surface area contributed by atoms with Crippen molar-refractivity contribution >= 4 is 5.71 Å². The minimum atomic E-state index is -0.151. The third kappa shape index (κ3) is 2.15. The third-order valence-corrected chi connectivity index (χ3v) is 1.72. The molecule has 1 aliphatic rings. The molecular formula is C8H13N3O. The number of aliphatic imine (C=N–C) groups is 1. The smallest absolute Gasteiger partial charge is 0.141 e. The lowest BCUT2D eigenvalue weighted by molar-refractivity contribution is 0.580. The van der Waals surface area contributed by atoms with Gasteiger partial charge >= 0.3 is 0 Å². The van der Waals surface area contributed by atoms with Gasteiger partial charge in [0.2, 0.25) is 0 Å². The molecule has 4 heteroatoms. The summed E-state index contributed by atoms with van der Waals surface area (Å²) >= 11 is 0. The van der Waals surface area contributed by atoms with Crippen LogP contribution in [0.15, 0.2) is 21.9 Å². The predicted molar refractivity (Wildman–Crippen MR) is 49.1 cm³/mol. The average Bonchev–Trinajstić information content (AvgIpc) is 2.04. The number of allylic oxidation sites excluding steroid dienone is 2. The van der Waals surface area contributed by atoms with E-state index in [9.17, 15) is 4.91 Å². The Morgan fingerprint density at radius 1 is 1.75 bits per heavy atom. The second-order valence-electron chi connectivity index (χ2n) is 2.77. The van der Waals surface area contributed by atoms with Crippen LogP contribution in [0.5, 0.6) is 0 Å². The first kappa shape index (κ1) is 8.90. The van der Waals surface area contributed by atoms with Gasteiger partial charge in [-0.15, -0.1) is 0 Å². The Kier molecular flexibility index (Phi) is 2.96. The molecule has 0 aliphatic carbocycles. The zero-order valence-electron chi connectivity index (χ0n) is 7.37. The maximum Gasteiger partial charge on any atom is 0.141 e. The van der Waals surface area contributed by atoms with Gasteiger partial charge in [0.25, 0.3) is 0 Å². The normalized spacial score (nSPS) is 22.3. The van der Waals surface area contributed by atoms with Gasteiger partial charge in [-0.25, -0.2) is 0 Å². The summed E-state index contributed by atoms with van der Waals surface area (Å²) in [5.41, 5.74) is 2.08. The first-order chi connectivity index (χ1) is 5.76. The van der Waals surface area contributed by atoms with Crippen molar-refractivity contribution in [3.8, 4) is 0 Å². The van der Waals surface area contributed by atoms with E-state index in [0.29, 0.717) is 0 Å². The van der Waals surface area contributed by atoms with Crippen LogP contribution in [0.3, 0.4) is 0 Å². The van der Waals surface area contributed by atoms with Crippen LogP contribution in [0.4, 0.5) is 0 Å². The van der Waals surface area contributed by atoms with E-state index >= 15 is 0 Å². The number of nitrogens with zero attached hydrogens (tertiary/aromatic N) is 2. The Balaban J connectivity index is 2.64. The van der Waals surface area contributed by atoms with Gasteiger partial charge in [-0.2, -0.15) is 4.91 Å². The van der Waals surface area contributed by atoms with E-state index in [1.165, 1.54) is 0 Å². The predicted octanol–water partition coefficient (Wildman–Crippen LogP) is 1.44. The van der Waals surface area contributed by atoms with E-state index in [-0.39, 0.29) is 12.7 Å². The summed E-state index contributed by atoms with van der Waals surface area (Å²) in [4.78, 5) is 14.2. The largest absolute Gasteiger partial charge is 0.366 e. The third-order valence-electron chi connectivity index (χ3n) is 1.72. The van der Waals surface area contributed by atoms with Crippen molar-refractivity contribution in [1.82, 2.24) is 5.32 Å². The molecule has 0 spiro atoms. The zero-order valence-corrected chi connectivity index (χ0v) is 7.37. The number of hydrogen-bond donors (Lipinski definition) is 1. The summed E-state index contributed by atoms with van der Waals surface area (Å²) in [6.07, 6.45) is 2.77. The Labute approximate surface area is 71.7 Å². The van der Waals surface area contributed by atoms with Crippen molar-refractivity contribution in [3.63, 3.8) is 0 Å². The Morgan fingerprint density at radius 2 is 2.50 bits per heavy atom. The van der Waals surface area contributed by atoms with Crippen LogP contribution in [0, 0.1) is 4.91 Å². The Bertz CT molecular complexity index is 232. The molecule has 1 rings (SSSR count). The van der Waals surface area contributed by atoms with Crippen LogP contribution in [-0.4, -0.2) is 18.4 Å². The number of hydrogen-bond acceptors (Lipinski definition) is 4. The lowest BCUT2D eigenvalue weighted by Crippen LogP contribution is -2.33. The fourth-order valence-corrected chi connectivity index (χ4v) is 1.18. The fourth-order valence-electron chi connectivity index (χ4n) is 1.18. The molecule has 0 aromatic carbocycles. The number of nitroso groups, excluding NO2 is 1. The molecule has 0 bridgehead atoms. The standard InChI is InChI=1S/C8H13N3O/c1-3-7-4-6(2)10-8(11-7)5-9-12/h4,8,11H,3,5H2,1-2H3. The molecule has 1 heterocycles. The highest BCUT2D eigenvalue weighted by Crippen LogP contribution is 2.06. The molecular weight excluding hydrogens is 154 g/mol. The minimum absolute atomic E-state index is 0.151. The van der Waals surface area contributed by atoms with E-state index in [0.717, 1.165) is 17.8 Å². The van der Waals surface area contributed by atoms with Crippen molar-refractivity contribution in [3.05, 3.63) is 16.7 Å². The molecule has 1 atom stereocenters. The molecule has 1 unspecified atom stereocenters. The van der Waals surface area contributed by atoms with Crippen LogP contribution < -0.4 is 5.32 Å². The Hall–Kier alpha value is -1.19. The lowest BCUT2D eigenvalue weighted by atomic mass is 10.2. The topological polar surface area (TPSA) is 53.8 Å². The van der Waals surface area contributed by atoms with Crippen molar-refractivity contribution in [1.29, 1.82) is 0 Å². The monoisotopic (exact) mass is 167 g/mol. The molecule has 12 heavy (non-hydrogen) atoms. The van der Waals surface area contributed by atoms with E-state index in [1.54, 1.807) is 0 Å². The van der Waals surface area contributed by atoms with Crippen LogP contribution in [0.1, 0.15) is 20.3 Å². The van der Waals surface area contributed by atoms with Crippen LogP contribution in [0.2, 0.25) is 0 Å². The maximum atomic E-state index is 10.00. The lowest BCUT2D eigenvalue weighted by Gasteiger charge is -2.19. The highest BCUT2D eigenvalue weighted by molar-refractivity contribution is 5.94. The summed E-state index contributed by atoms with van der Waals surface area (Å²) in [6, 6.07) is 0. The van der Waals surface area contributed by atoms with Crippen molar-refractivity contribution in [2.75, 3.05) is 6.54 Å². The molecule has 0 aromatic rings. The van der Waals surface area contributed by atoms with Gasteiger partial charge in [0, 0.05) is 11.4 Å². The van der Waals surface area contributed by atoms with E-state index in [2.05, 4.69) is 22.4 Å². The van der Waals surface area contributed by atoms with Gasteiger partial charge in [0.05, 0.1) is 0 Å². The molecule has 66 valence electrons. The quantitative estimate of drug-likeness (QED) is 0.646. The van der Waals surface area contributed by atoms with Crippen LogP contribution in [0.25, 0.3) is 0 Å². The van der Waals surface area contributed by atoms with Crippen molar-refractivity contribution in [2.24, 2.45) is 10.2 Å². The summed E-state index contributed by atoms with van der Waals surface area (Å²) in [7, 11) is 0. The Morgan fingerprint density at radius 3 is 3.08 bits per heavy atom. The highest BCUT2D eigenvalue weighted by atomic mass is 16.3. The average molecular weight is 167 g/mol. The van der Waals surface area contributed by atoms with Gasteiger partial charge < -0.3 is 5.32 Å². The van der Waals surface area contributed by atoms with Crippen molar-refractivity contribution in [2.45, 2.75) is 26.4 Å². The second-order valence-corrected chi connectivity index (χ2v) is 2.77. The molecule has 0 radical (unpaired) electrons. The molecule has 0 fully saturated rings.